The molecule has 0 aliphatic carbocycles. The molecular weight excluding hydrogens is 331 g/mol. The van der Waals surface area contributed by atoms with Gasteiger partial charge >= 0.3 is 0 Å². The maximum atomic E-state index is 12.7. The lowest BCUT2D eigenvalue weighted by Gasteiger charge is -2.37. The highest BCUT2D eigenvalue weighted by Gasteiger charge is 2.34. The predicted molar refractivity (Wildman–Crippen MR) is 97.7 cm³/mol. The molecular formula is C18H26Cl2N2O. The van der Waals surface area contributed by atoms with Gasteiger partial charge in [-0.3, -0.25) is 4.79 Å². The Morgan fingerprint density at radius 3 is 2.61 bits per heavy atom. The van der Waals surface area contributed by atoms with Gasteiger partial charge in [0.25, 0.3) is 5.91 Å². The molecule has 2 heterocycles. The number of nitrogens with zero attached hydrogens (tertiary/aromatic N) is 1. The molecule has 0 saturated carbocycles. The second kappa shape index (κ2) is 7.87. The van der Waals surface area contributed by atoms with Crippen molar-refractivity contribution >= 4 is 29.9 Å². The topological polar surface area (TPSA) is 32.3 Å². The lowest BCUT2D eigenvalue weighted by molar-refractivity contribution is 0.0750. The van der Waals surface area contributed by atoms with Gasteiger partial charge in [-0.15, -0.1) is 12.4 Å². The van der Waals surface area contributed by atoms with Crippen molar-refractivity contribution in [3.63, 3.8) is 0 Å². The Labute approximate surface area is 150 Å². The van der Waals surface area contributed by atoms with Crippen LogP contribution in [0.15, 0.2) is 18.2 Å². The molecule has 0 aromatic heterocycles. The van der Waals surface area contributed by atoms with E-state index in [4.69, 9.17) is 11.6 Å². The van der Waals surface area contributed by atoms with E-state index < -0.39 is 0 Å². The summed E-state index contributed by atoms with van der Waals surface area (Å²) < 4.78 is 0. The number of piperidine rings is 1. The third-order valence-electron chi connectivity index (χ3n) is 5.42. The monoisotopic (exact) mass is 356 g/mol. The lowest BCUT2D eigenvalue weighted by Crippen LogP contribution is -2.38. The molecule has 2 fully saturated rings. The minimum Gasteiger partial charge on any atom is -0.339 e. The number of carbonyl (C=O) groups excluding carboxylic acids is 1. The Morgan fingerprint density at radius 1 is 1.17 bits per heavy atom. The van der Waals surface area contributed by atoms with Crippen LogP contribution in [0.25, 0.3) is 0 Å². The van der Waals surface area contributed by atoms with Gasteiger partial charge in [-0.1, -0.05) is 17.7 Å². The zero-order valence-corrected chi connectivity index (χ0v) is 15.3. The molecule has 1 spiro atoms. The number of benzene rings is 1. The van der Waals surface area contributed by atoms with Crippen molar-refractivity contribution in [3.05, 3.63) is 34.3 Å². The largest absolute Gasteiger partial charge is 0.339 e. The number of carbonyl (C=O) groups is 1. The molecule has 1 amide bonds. The average molecular weight is 357 g/mol. The van der Waals surface area contributed by atoms with Crippen molar-refractivity contribution in [2.75, 3.05) is 26.2 Å². The standard InChI is InChI=1S/C18H25ClN2O.ClH/c1-14-3-4-15(13-16(14)19)17(22)21-11-2-5-18(8-12-21)6-9-20-10-7-18;/h3-4,13,20H,2,5-12H2,1H3;1H. The fourth-order valence-electron chi connectivity index (χ4n) is 3.82. The maximum absolute atomic E-state index is 12.7. The smallest absolute Gasteiger partial charge is 0.253 e. The van der Waals surface area contributed by atoms with Crippen LogP contribution in [0.4, 0.5) is 0 Å². The normalized spacial score (nSPS) is 20.7. The van der Waals surface area contributed by atoms with Gasteiger partial charge in [-0.25, -0.2) is 0 Å². The number of nitrogens with one attached hydrogen (secondary N) is 1. The number of hydrogen-bond donors (Lipinski definition) is 1. The first-order valence-corrected chi connectivity index (χ1v) is 8.74. The minimum absolute atomic E-state index is 0. The van der Waals surface area contributed by atoms with Crippen LogP contribution in [0.5, 0.6) is 0 Å². The summed E-state index contributed by atoms with van der Waals surface area (Å²) >= 11 is 6.17. The summed E-state index contributed by atoms with van der Waals surface area (Å²) in [5.41, 5.74) is 2.20. The summed E-state index contributed by atoms with van der Waals surface area (Å²) in [6.07, 6.45) is 6.02. The van der Waals surface area contributed by atoms with Crippen LogP contribution in [0.2, 0.25) is 5.02 Å². The maximum Gasteiger partial charge on any atom is 0.253 e. The van der Waals surface area contributed by atoms with Crippen molar-refractivity contribution in [2.45, 2.75) is 39.0 Å². The van der Waals surface area contributed by atoms with E-state index in [-0.39, 0.29) is 18.3 Å². The Hall–Kier alpha value is -0.770. The zero-order chi connectivity index (χ0) is 15.6. The van der Waals surface area contributed by atoms with Crippen molar-refractivity contribution in [1.29, 1.82) is 0 Å². The van der Waals surface area contributed by atoms with E-state index in [1.54, 1.807) is 0 Å². The molecule has 3 nitrogen and oxygen atoms in total. The third kappa shape index (κ3) is 4.20. The van der Waals surface area contributed by atoms with Crippen molar-refractivity contribution in [2.24, 2.45) is 5.41 Å². The Kier molecular flexibility index (Phi) is 6.35. The van der Waals surface area contributed by atoms with E-state index in [1.807, 2.05) is 30.0 Å². The predicted octanol–water partition coefficient (Wildman–Crippen LogP) is 4.07. The molecule has 1 aromatic rings. The van der Waals surface area contributed by atoms with E-state index in [9.17, 15) is 4.79 Å². The van der Waals surface area contributed by atoms with Crippen LogP contribution in [0, 0.1) is 12.3 Å². The molecule has 2 aliphatic rings. The molecule has 0 unspecified atom stereocenters. The van der Waals surface area contributed by atoms with Gasteiger partial charge in [0.15, 0.2) is 0 Å². The third-order valence-corrected chi connectivity index (χ3v) is 5.82. The Bertz CT molecular complexity index is 556. The highest BCUT2D eigenvalue weighted by atomic mass is 35.5. The van der Waals surface area contributed by atoms with Crippen LogP contribution >= 0.6 is 24.0 Å². The first kappa shape index (κ1) is 18.6. The zero-order valence-electron chi connectivity index (χ0n) is 13.7. The number of likely N-dealkylation sites (tertiary alicyclic amines) is 1. The molecule has 3 rings (SSSR count). The van der Waals surface area contributed by atoms with Gasteiger partial charge < -0.3 is 10.2 Å². The van der Waals surface area contributed by atoms with E-state index in [0.717, 1.165) is 50.1 Å². The summed E-state index contributed by atoms with van der Waals surface area (Å²) in [6, 6.07) is 5.64. The summed E-state index contributed by atoms with van der Waals surface area (Å²) in [6.45, 7) is 5.97. The second-order valence-electron chi connectivity index (χ2n) is 6.86. The van der Waals surface area contributed by atoms with Crippen LogP contribution < -0.4 is 5.32 Å². The summed E-state index contributed by atoms with van der Waals surface area (Å²) in [5, 5.41) is 4.13. The number of amides is 1. The van der Waals surface area contributed by atoms with Crippen LogP contribution in [0.1, 0.15) is 48.0 Å². The molecule has 2 aliphatic heterocycles. The number of halogens is 2. The molecule has 0 bridgehead atoms. The van der Waals surface area contributed by atoms with E-state index in [1.165, 1.54) is 19.3 Å². The molecule has 2 saturated heterocycles. The van der Waals surface area contributed by atoms with Gasteiger partial charge in [0.05, 0.1) is 0 Å². The highest BCUT2D eigenvalue weighted by Crippen LogP contribution is 2.39. The fourth-order valence-corrected chi connectivity index (χ4v) is 4.00. The van der Waals surface area contributed by atoms with Crippen molar-refractivity contribution < 1.29 is 4.79 Å². The number of hydrogen-bond acceptors (Lipinski definition) is 2. The van der Waals surface area contributed by atoms with Crippen LogP contribution in [-0.2, 0) is 0 Å². The highest BCUT2D eigenvalue weighted by molar-refractivity contribution is 6.31. The van der Waals surface area contributed by atoms with E-state index in [2.05, 4.69) is 5.32 Å². The van der Waals surface area contributed by atoms with E-state index in [0.29, 0.717) is 10.4 Å². The van der Waals surface area contributed by atoms with Crippen LogP contribution in [0.3, 0.4) is 0 Å². The van der Waals surface area contributed by atoms with Gasteiger partial charge in [-0.05, 0) is 75.2 Å². The molecule has 1 aromatic carbocycles. The molecule has 0 radical (unpaired) electrons. The molecule has 5 heteroatoms. The summed E-state index contributed by atoms with van der Waals surface area (Å²) in [7, 11) is 0. The SMILES string of the molecule is Cc1ccc(C(=O)N2CCCC3(CCNCC3)CC2)cc1Cl.Cl. The number of rotatable bonds is 1. The van der Waals surface area contributed by atoms with Crippen LogP contribution in [-0.4, -0.2) is 37.0 Å². The Balaban J connectivity index is 0.00000192. The average Bonchev–Trinajstić information content (AvgIpc) is 2.73. The van der Waals surface area contributed by atoms with Crippen molar-refractivity contribution in [3.8, 4) is 0 Å². The lowest BCUT2D eigenvalue weighted by atomic mass is 9.73. The van der Waals surface area contributed by atoms with Crippen molar-refractivity contribution in [1.82, 2.24) is 10.2 Å². The second-order valence-corrected chi connectivity index (χ2v) is 7.27. The molecule has 128 valence electrons. The van der Waals surface area contributed by atoms with Gasteiger partial charge in [0.1, 0.15) is 0 Å². The number of aryl methyl sites for hydroxylation is 1. The minimum atomic E-state index is 0. The molecule has 1 N–H and O–H groups in total. The van der Waals surface area contributed by atoms with Gasteiger partial charge in [0, 0.05) is 23.7 Å². The fraction of sp³-hybridized carbons (Fsp3) is 0.611. The summed E-state index contributed by atoms with van der Waals surface area (Å²) in [5.74, 6) is 0.132. The molecule has 23 heavy (non-hydrogen) atoms. The van der Waals surface area contributed by atoms with E-state index >= 15 is 0 Å². The van der Waals surface area contributed by atoms with Gasteiger partial charge in [-0.2, -0.15) is 0 Å². The quantitative estimate of drug-likeness (QED) is 0.822. The first-order chi connectivity index (χ1) is 10.6. The Morgan fingerprint density at radius 2 is 1.91 bits per heavy atom. The summed E-state index contributed by atoms with van der Waals surface area (Å²) in [4.78, 5) is 14.8. The first-order valence-electron chi connectivity index (χ1n) is 8.36. The van der Waals surface area contributed by atoms with Gasteiger partial charge in [0.2, 0.25) is 0 Å². The molecule has 0 atom stereocenters.